The first-order valence-corrected chi connectivity index (χ1v) is 9.05. The Morgan fingerprint density at radius 3 is 2.30 bits per heavy atom. The minimum atomic E-state index is 0.0985. The Morgan fingerprint density at radius 2 is 1.63 bits per heavy atom. The summed E-state index contributed by atoms with van der Waals surface area (Å²) < 4.78 is 1.71. The summed E-state index contributed by atoms with van der Waals surface area (Å²) in [6, 6.07) is 9.79. The second kappa shape index (κ2) is 7.19. The van der Waals surface area contributed by atoms with Crippen molar-refractivity contribution >= 4 is 11.7 Å². The molecule has 7 heteroatoms. The van der Waals surface area contributed by atoms with Gasteiger partial charge in [0.05, 0.1) is 0 Å². The second-order valence-corrected chi connectivity index (χ2v) is 6.84. The van der Waals surface area contributed by atoms with Crippen LogP contribution in [0.5, 0.6) is 0 Å². The van der Waals surface area contributed by atoms with Crippen LogP contribution in [0.2, 0.25) is 0 Å². The maximum Gasteiger partial charge on any atom is 0.253 e. The minimum Gasteiger partial charge on any atom is -0.353 e. The zero-order chi connectivity index (χ0) is 18.8. The van der Waals surface area contributed by atoms with Crippen LogP contribution in [0.1, 0.15) is 21.5 Å². The van der Waals surface area contributed by atoms with Crippen LogP contribution in [0.25, 0.3) is 5.82 Å². The van der Waals surface area contributed by atoms with E-state index in [4.69, 9.17) is 0 Å². The molecule has 0 atom stereocenters. The predicted molar refractivity (Wildman–Crippen MR) is 103 cm³/mol. The molecule has 0 radical (unpaired) electrons. The van der Waals surface area contributed by atoms with Gasteiger partial charge in [0.15, 0.2) is 5.82 Å². The third-order valence-electron chi connectivity index (χ3n) is 4.74. The lowest BCUT2D eigenvalue weighted by Crippen LogP contribution is -2.49. The average Bonchev–Trinajstić information content (AvgIpc) is 3.22. The molecule has 138 valence electrons. The summed E-state index contributed by atoms with van der Waals surface area (Å²) in [4.78, 5) is 25.6. The zero-order valence-corrected chi connectivity index (χ0v) is 15.5. The summed E-state index contributed by atoms with van der Waals surface area (Å²) >= 11 is 0. The molecule has 1 amide bonds. The van der Waals surface area contributed by atoms with E-state index in [0.29, 0.717) is 13.1 Å². The van der Waals surface area contributed by atoms with E-state index >= 15 is 0 Å². The van der Waals surface area contributed by atoms with Crippen molar-refractivity contribution in [1.82, 2.24) is 24.6 Å². The number of hydrogen-bond donors (Lipinski definition) is 0. The number of carbonyl (C=O) groups is 1. The number of carbonyl (C=O) groups excluding carboxylic acids is 1. The number of nitrogens with zero attached hydrogens (tertiary/aromatic N) is 6. The van der Waals surface area contributed by atoms with Crippen molar-refractivity contribution in [1.29, 1.82) is 0 Å². The molecule has 4 rings (SSSR count). The number of piperazine rings is 1. The van der Waals surface area contributed by atoms with Crippen LogP contribution in [-0.2, 0) is 0 Å². The summed E-state index contributed by atoms with van der Waals surface area (Å²) in [6.07, 6.45) is 5.13. The van der Waals surface area contributed by atoms with E-state index in [1.54, 1.807) is 17.2 Å². The van der Waals surface area contributed by atoms with Crippen molar-refractivity contribution in [2.24, 2.45) is 0 Å². The van der Waals surface area contributed by atoms with Gasteiger partial charge in [0.2, 0.25) is 0 Å². The van der Waals surface area contributed by atoms with Gasteiger partial charge in [-0.15, -0.1) is 0 Å². The number of benzene rings is 1. The molecule has 0 aliphatic carbocycles. The lowest BCUT2D eigenvalue weighted by Gasteiger charge is -2.35. The van der Waals surface area contributed by atoms with Crippen molar-refractivity contribution in [3.8, 4) is 5.82 Å². The van der Waals surface area contributed by atoms with Gasteiger partial charge in [-0.25, -0.2) is 14.6 Å². The molecule has 3 aromatic rings. The van der Waals surface area contributed by atoms with Crippen molar-refractivity contribution in [3.05, 3.63) is 65.7 Å². The van der Waals surface area contributed by atoms with Crippen molar-refractivity contribution in [3.63, 3.8) is 0 Å². The first-order valence-electron chi connectivity index (χ1n) is 9.05. The average molecular weight is 362 g/mol. The van der Waals surface area contributed by atoms with Crippen LogP contribution < -0.4 is 4.90 Å². The van der Waals surface area contributed by atoms with Crippen molar-refractivity contribution in [2.75, 3.05) is 31.1 Å². The number of hydrogen-bond acceptors (Lipinski definition) is 5. The standard InChI is InChI=1S/C20H22N6O/c1-15-10-16(2)12-17(11-15)20(27)25-8-6-24(7-9-25)18-13-19(22-14-21-18)26-5-3-4-23-26/h3-5,10-14H,6-9H2,1-2H3. The Bertz CT molecular complexity index is 925. The van der Waals surface area contributed by atoms with Gasteiger partial charge in [-0.05, 0) is 32.0 Å². The van der Waals surface area contributed by atoms with E-state index in [1.807, 2.05) is 49.2 Å². The van der Waals surface area contributed by atoms with Crippen LogP contribution in [0.3, 0.4) is 0 Å². The van der Waals surface area contributed by atoms with Crippen LogP contribution in [0.4, 0.5) is 5.82 Å². The second-order valence-electron chi connectivity index (χ2n) is 6.84. The summed E-state index contributed by atoms with van der Waals surface area (Å²) in [5.41, 5.74) is 3.00. The number of amides is 1. The first kappa shape index (κ1) is 17.2. The molecule has 0 unspecified atom stereocenters. The highest BCUT2D eigenvalue weighted by atomic mass is 16.2. The molecule has 0 spiro atoms. The Hall–Kier alpha value is -3.22. The molecule has 7 nitrogen and oxygen atoms in total. The summed E-state index contributed by atoms with van der Waals surface area (Å²) in [5, 5.41) is 4.21. The van der Waals surface area contributed by atoms with Gasteiger partial charge in [-0.3, -0.25) is 4.79 Å². The highest BCUT2D eigenvalue weighted by molar-refractivity contribution is 5.94. The topological polar surface area (TPSA) is 67.2 Å². The summed E-state index contributed by atoms with van der Waals surface area (Å²) in [6.45, 7) is 6.88. The molecule has 1 saturated heterocycles. The molecule has 27 heavy (non-hydrogen) atoms. The smallest absolute Gasteiger partial charge is 0.253 e. The van der Waals surface area contributed by atoms with Gasteiger partial charge < -0.3 is 9.80 Å². The highest BCUT2D eigenvalue weighted by Crippen LogP contribution is 2.18. The fraction of sp³-hybridized carbons (Fsp3) is 0.300. The largest absolute Gasteiger partial charge is 0.353 e. The maximum absolute atomic E-state index is 12.8. The molecule has 1 aliphatic rings. The van der Waals surface area contributed by atoms with Gasteiger partial charge in [-0.1, -0.05) is 17.2 Å². The van der Waals surface area contributed by atoms with E-state index in [2.05, 4.69) is 26.0 Å². The Balaban J connectivity index is 1.45. The van der Waals surface area contributed by atoms with E-state index in [-0.39, 0.29) is 5.91 Å². The van der Waals surface area contributed by atoms with Crippen molar-refractivity contribution < 1.29 is 4.79 Å². The molecular weight excluding hydrogens is 340 g/mol. The highest BCUT2D eigenvalue weighted by Gasteiger charge is 2.23. The Kier molecular flexibility index (Phi) is 4.58. The molecule has 0 saturated carbocycles. The van der Waals surface area contributed by atoms with E-state index in [0.717, 1.165) is 41.4 Å². The number of aryl methyl sites for hydroxylation is 2. The lowest BCUT2D eigenvalue weighted by molar-refractivity contribution is 0.0746. The van der Waals surface area contributed by atoms with Gasteiger partial charge in [0, 0.05) is 50.2 Å². The normalized spacial score (nSPS) is 14.4. The SMILES string of the molecule is Cc1cc(C)cc(C(=O)N2CCN(c3cc(-n4cccn4)ncn3)CC2)c1. The van der Waals surface area contributed by atoms with Crippen LogP contribution in [-0.4, -0.2) is 56.7 Å². The van der Waals surface area contributed by atoms with E-state index in [9.17, 15) is 4.79 Å². The Labute approximate surface area is 158 Å². The first-order chi connectivity index (χ1) is 13.1. The molecule has 0 N–H and O–H groups in total. The van der Waals surface area contributed by atoms with E-state index in [1.165, 1.54) is 0 Å². The molecule has 2 aromatic heterocycles. The summed E-state index contributed by atoms with van der Waals surface area (Å²) in [5.74, 6) is 1.69. The molecule has 3 heterocycles. The maximum atomic E-state index is 12.8. The van der Waals surface area contributed by atoms with Gasteiger partial charge in [0.1, 0.15) is 12.1 Å². The third kappa shape index (κ3) is 3.67. The molecule has 1 aromatic carbocycles. The predicted octanol–water partition coefficient (Wildman–Crippen LogP) is 2.24. The van der Waals surface area contributed by atoms with Crippen LogP contribution in [0.15, 0.2) is 49.1 Å². The number of anilines is 1. The molecule has 1 fully saturated rings. The zero-order valence-electron chi connectivity index (χ0n) is 15.5. The summed E-state index contributed by atoms with van der Waals surface area (Å²) in [7, 11) is 0. The van der Waals surface area contributed by atoms with Crippen LogP contribution in [0, 0.1) is 13.8 Å². The molecule has 1 aliphatic heterocycles. The number of aromatic nitrogens is 4. The quantitative estimate of drug-likeness (QED) is 0.715. The van der Waals surface area contributed by atoms with Crippen molar-refractivity contribution in [2.45, 2.75) is 13.8 Å². The van der Waals surface area contributed by atoms with E-state index < -0.39 is 0 Å². The fourth-order valence-corrected chi connectivity index (χ4v) is 3.46. The van der Waals surface area contributed by atoms with Gasteiger partial charge in [-0.2, -0.15) is 5.10 Å². The van der Waals surface area contributed by atoms with Crippen LogP contribution >= 0.6 is 0 Å². The molecule has 0 bridgehead atoms. The Morgan fingerprint density at radius 1 is 0.926 bits per heavy atom. The minimum absolute atomic E-state index is 0.0985. The third-order valence-corrected chi connectivity index (χ3v) is 4.74. The van der Waals surface area contributed by atoms with Gasteiger partial charge in [0.25, 0.3) is 5.91 Å². The number of rotatable bonds is 3. The van der Waals surface area contributed by atoms with Gasteiger partial charge >= 0.3 is 0 Å². The lowest BCUT2D eigenvalue weighted by atomic mass is 10.1. The monoisotopic (exact) mass is 362 g/mol. The molecular formula is C20H22N6O. The fourth-order valence-electron chi connectivity index (χ4n) is 3.46.